The van der Waals surface area contributed by atoms with Crippen molar-refractivity contribution in [1.29, 1.82) is 5.26 Å². The molecule has 0 aliphatic carbocycles. The third kappa shape index (κ3) is 1.83. The van der Waals surface area contributed by atoms with Gasteiger partial charge in [-0.05, 0) is 18.2 Å². The van der Waals surface area contributed by atoms with E-state index in [1.807, 2.05) is 43.3 Å². The van der Waals surface area contributed by atoms with E-state index in [1.165, 1.54) is 0 Å². The Labute approximate surface area is 117 Å². The monoisotopic (exact) mass is 262 g/mol. The van der Waals surface area contributed by atoms with E-state index in [0.29, 0.717) is 11.3 Å². The van der Waals surface area contributed by atoms with E-state index in [0.717, 1.165) is 34.3 Å². The van der Waals surface area contributed by atoms with Crippen LogP contribution in [-0.2, 0) is 6.42 Å². The minimum atomic E-state index is 0.575. The second-order valence-corrected chi connectivity index (χ2v) is 4.67. The van der Waals surface area contributed by atoms with Crippen LogP contribution in [0.3, 0.4) is 0 Å². The zero-order chi connectivity index (χ0) is 14.1. The first-order valence-electron chi connectivity index (χ1n) is 6.55. The second kappa shape index (κ2) is 4.75. The van der Waals surface area contributed by atoms with Crippen molar-refractivity contribution in [3.05, 3.63) is 53.8 Å². The highest BCUT2D eigenvalue weighted by molar-refractivity contribution is 5.97. The van der Waals surface area contributed by atoms with Crippen molar-refractivity contribution in [1.82, 2.24) is 0 Å². The summed E-state index contributed by atoms with van der Waals surface area (Å²) in [4.78, 5) is 0. The van der Waals surface area contributed by atoms with Gasteiger partial charge in [0.15, 0.2) is 0 Å². The molecule has 98 valence electrons. The molecule has 3 aromatic rings. The van der Waals surface area contributed by atoms with E-state index in [2.05, 4.69) is 6.07 Å². The van der Waals surface area contributed by atoms with Gasteiger partial charge in [0, 0.05) is 28.6 Å². The maximum absolute atomic E-state index is 9.34. The predicted octanol–water partition coefficient (Wildman–Crippen LogP) is 4.12. The Bertz CT molecular complexity index is 825. The number of nitrogen functional groups attached to an aromatic ring is 1. The number of anilines is 1. The molecule has 1 aromatic heterocycles. The van der Waals surface area contributed by atoms with Crippen LogP contribution in [-0.4, -0.2) is 0 Å². The summed E-state index contributed by atoms with van der Waals surface area (Å²) >= 11 is 0. The summed E-state index contributed by atoms with van der Waals surface area (Å²) in [6, 6.07) is 15.5. The first kappa shape index (κ1) is 12.3. The molecule has 3 rings (SSSR count). The number of furan rings is 1. The Morgan fingerprint density at radius 2 is 2.00 bits per heavy atom. The van der Waals surface area contributed by atoms with Crippen LogP contribution in [0.15, 0.2) is 46.9 Å². The molecule has 0 aliphatic rings. The van der Waals surface area contributed by atoms with Gasteiger partial charge < -0.3 is 10.2 Å². The minimum absolute atomic E-state index is 0.575. The average Bonchev–Trinajstić information content (AvgIpc) is 2.85. The van der Waals surface area contributed by atoms with Gasteiger partial charge in [0.05, 0.1) is 11.6 Å². The first-order valence-corrected chi connectivity index (χ1v) is 6.55. The predicted molar refractivity (Wildman–Crippen MR) is 80.2 cm³/mol. The van der Waals surface area contributed by atoms with Crippen molar-refractivity contribution in [3.8, 4) is 17.2 Å². The maximum atomic E-state index is 9.34. The summed E-state index contributed by atoms with van der Waals surface area (Å²) in [5, 5.41) is 10.4. The SMILES string of the molecule is CCc1oc2ccccc2c1-c1ccc(N)cc1C#N. The van der Waals surface area contributed by atoms with Crippen molar-refractivity contribution in [2.75, 3.05) is 5.73 Å². The van der Waals surface area contributed by atoms with Crippen LogP contribution in [0.25, 0.3) is 22.1 Å². The number of nitrogens with two attached hydrogens (primary N) is 1. The lowest BCUT2D eigenvalue weighted by Gasteiger charge is -2.05. The van der Waals surface area contributed by atoms with Crippen LogP contribution in [0.1, 0.15) is 18.2 Å². The maximum Gasteiger partial charge on any atom is 0.134 e. The van der Waals surface area contributed by atoms with Gasteiger partial charge in [-0.3, -0.25) is 0 Å². The summed E-state index contributed by atoms with van der Waals surface area (Å²) in [5.41, 5.74) is 9.66. The molecule has 0 unspecified atom stereocenters. The number of nitrogens with zero attached hydrogens (tertiary/aromatic N) is 1. The molecule has 0 bridgehead atoms. The topological polar surface area (TPSA) is 62.9 Å². The summed E-state index contributed by atoms with van der Waals surface area (Å²) < 4.78 is 5.89. The van der Waals surface area contributed by atoms with Crippen LogP contribution in [0.5, 0.6) is 0 Å². The Hall–Kier alpha value is -2.73. The third-order valence-corrected chi connectivity index (χ3v) is 3.42. The Morgan fingerprint density at radius 1 is 1.20 bits per heavy atom. The van der Waals surface area contributed by atoms with E-state index in [4.69, 9.17) is 10.2 Å². The summed E-state index contributed by atoms with van der Waals surface area (Å²) in [7, 11) is 0. The van der Waals surface area contributed by atoms with Crippen molar-refractivity contribution in [2.24, 2.45) is 0 Å². The average molecular weight is 262 g/mol. The summed E-state index contributed by atoms with van der Waals surface area (Å²) in [6.45, 7) is 2.05. The third-order valence-electron chi connectivity index (χ3n) is 3.42. The lowest BCUT2D eigenvalue weighted by Crippen LogP contribution is -1.91. The largest absolute Gasteiger partial charge is 0.460 e. The smallest absolute Gasteiger partial charge is 0.134 e. The van der Waals surface area contributed by atoms with Crippen molar-refractivity contribution in [3.63, 3.8) is 0 Å². The normalized spacial score (nSPS) is 10.6. The lowest BCUT2D eigenvalue weighted by molar-refractivity contribution is 0.558. The van der Waals surface area contributed by atoms with Crippen molar-refractivity contribution in [2.45, 2.75) is 13.3 Å². The molecule has 3 nitrogen and oxygen atoms in total. The molecule has 1 heterocycles. The molecule has 0 spiro atoms. The fourth-order valence-electron chi connectivity index (χ4n) is 2.51. The van der Waals surface area contributed by atoms with E-state index in [9.17, 15) is 5.26 Å². The number of aryl methyl sites for hydroxylation is 1. The number of hydrogen-bond donors (Lipinski definition) is 1. The van der Waals surface area contributed by atoms with Crippen LogP contribution >= 0.6 is 0 Å². The molecule has 3 heteroatoms. The van der Waals surface area contributed by atoms with Crippen molar-refractivity contribution < 1.29 is 4.42 Å². The fraction of sp³-hybridized carbons (Fsp3) is 0.118. The van der Waals surface area contributed by atoms with Gasteiger partial charge in [0.25, 0.3) is 0 Å². The molecule has 20 heavy (non-hydrogen) atoms. The Balaban J connectivity index is 2.37. The number of para-hydroxylation sites is 1. The molecule has 0 saturated heterocycles. The van der Waals surface area contributed by atoms with E-state index >= 15 is 0 Å². The number of nitriles is 1. The van der Waals surface area contributed by atoms with Gasteiger partial charge in [-0.15, -0.1) is 0 Å². The molecule has 0 aliphatic heterocycles. The highest BCUT2D eigenvalue weighted by atomic mass is 16.3. The number of rotatable bonds is 2. The van der Waals surface area contributed by atoms with Gasteiger partial charge in [-0.2, -0.15) is 5.26 Å². The van der Waals surface area contributed by atoms with Gasteiger partial charge in [0.2, 0.25) is 0 Å². The molecule has 0 saturated carbocycles. The summed E-state index contributed by atoms with van der Waals surface area (Å²) in [5.74, 6) is 0.896. The molecule has 0 fully saturated rings. The van der Waals surface area contributed by atoms with Gasteiger partial charge in [-0.1, -0.05) is 31.2 Å². The standard InChI is InChI=1S/C17H14N2O/c1-2-15-17(14-5-3-4-6-16(14)20-15)13-8-7-12(19)9-11(13)10-18/h3-9H,2,19H2,1H3. The lowest BCUT2D eigenvalue weighted by atomic mass is 9.96. The molecule has 2 aromatic carbocycles. The van der Waals surface area contributed by atoms with E-state index in [-0.39, 0.29) is 0 Å². The quantitative estimate of drug-likeness (QED) is 0.707. The van der Waals surface area contributed by atoms with Gasteiger partial charge in [-0.25, -0.2) is 0 Å². The van der Waals surface area contributed by atoms with Crippen molar-refractivity contribution >= 4 is 16.7 Å². The van der Waals surface area contributed by atoms with Crippen LogP contribution in [0.2, 0.25) is 0 Å². The Kier molecular flexibility index (Phi) is 2.92. The number of fused-ring (bicyclic) bond motifs is 1. The highest BCUT2D eigenvalue weighted by Gasteiger charge is 2.17. The zero-order valence-electron chi connectivity index (χ0n) is 11.2. The number of benzene rings is 2. The fourth-order valence-corrected chi connectivity index (χ4v) is 2.51. The van der Waals surface area contributed by atoms with Crippen LogP contribution in [0.4, 0.5) is 5.69 Å². The highest BCUT2D eigenvalue weighted by Crippen LogP contribution is 2.37. The van der Waals surface area contributed by atoms with E-state index in [1.54, 1.807) is 6.07 Å². The molecular formula is C17H14N2O. The molecular weight excluding hydrogens is 248 g/mol. The molecule has 0 radical (unpaired) electrons. The first-order chi connectivity index (χ1) is 9.74. The van der Waals surface area contributed by atoms with Crippen LogP contribution < -0.4 is 5.73 Å². The molecule has 2 N–H and O–H groups in total. The van der Waals surface area contributed by atoms with Gasteiger partial charge in [0.1, 0.15) is 11.3 Å². The Morgan fingerprint density at radius 3 is 2.75 bits per heavy atom. The second-order valence-electron chi connectivity index (χ2n) is 4.67. The van der Waals surface area contributed by atoms with Gasteiger partial charge >= 0.3 is 0 Å². The molecule has 0 amide bonds. The number of hydrogen-bond acceptors (Lipinski definition) is 3. The van der Waals surface area contributed by atoms with Crippen LogP contribution in [0, 0.1) is 11.3 Å². The van der Waals surface area contributed by atoms with E-state index < -0.39 is 0 Å². The minimum Gasteiger partial charge on any atom is -0.460 e. The zero-order valence-corrected chi connectivity index (χ0v) is 11.2. The summed E-state index contributed by atoms with van der Waals surface area (Å²) in [6.07, 6.45) is 0.777. The molecule has 0 atom stereocenters.